The molecule has 0 fully saturated rings. The quantitative estimate of drug-likeness (QED) is 0.333. The smallest absolute Gasteiger partial charge is 0.00877 e. The van der Waals surface area contributed by atoms with Crippen molar-refractivity contribution in [2.75, 3.05) is 5.33 Å². The summed E-state index contributed by atoms with van der Waals surface area (Å²) in [5.74, 6) is 0.784. The van der Waals surface area contributed by atoms with Crippen molar-refractivity contribution in [2.24, 2.45) is 11.3 Å². The van der Waals surface area contributed by atoms with Gasteiger partial charge in [0.25, 0.3) is 0 Å². The van der Waals surface area contributed by atoms with Crippen LogP contribution >= 0.6 is 15.9 Å². The van der Waals surface area contributed by atoms with Gasteiger partial charge in [0, 0.05) is 5.33 Å². The minimum atomic E-state index is 0.503. The van der Waals surface area contributed by atoms with Crippen molar-refractivity contribution in [3.05, 3.63) is 0 Å². The standard InChI is InChI=1S/C15H31Br/c1-5-6-7-8-9-10-11-12-15(4,13-16)14(2)3/h14H,5-13H2,1-4H3. The van der Waals surface area contributed by atoms with Crippen LogP contribution in [0.3, 0.4) is 0 Å². The Hall–Kier alpha value is 0.480. The summed E-state index contributed by atoms with van der Waals surface area (Å²) in [6.45, 7) is 9.40. The van der Waals surface area contributed by atoms with Crippen molar-refractivity contribution in [1.29, 1.82) is 0 Å². The Morgan fingerprint density at radius 3 is 1.88 bits per heavy atom. The molecule has 1 unspecified atom stereocenters. The van der Waals surface area contributed by atoms with E-state index in [0.29, 0.717) is 5.41 Å². The Balaban J connectivity index is 3.49. The predicted octanol–water partition coefficient (Wildman–Crippen LogP) is 6.18. The topological polar surface area (TPSA) is 0 Å². The molecule has 0 aliphatic heterocycles. The molecule has 0 N–H and O–H groups in total. The van der Waals surface area contributed by atoms with Crippen LogP contribution in [0, 0.1) is 11.3 Å². The zero-order valence-corrected chi connectivity index (χ0v) is 13.4. The molecule has 16 heavy (non-hydrogen) atoms. The lowest BCUT2D eigenvalue weighted by Crippen LogP contribution is -2.25. The fourth-order valence-electron chi connectivity index (χ4n) is 2.00. The van der Waals surface area contributed by atoms with E-state index in [4.69, 9.17) is 0 Å². The molecule has 0 aromatic heterocycles. The Kier molecular flexibility index (Phi) is 9.79. The van der Waals surface area contributed by atoms with Crippen LogP contribution in [0.5, 0.6) is 0 Å². The van der Waals surface area contributed by atoms with Gasteiger partial charge in [-0.2, -0.15) is 0 Å². The highest BCUT2D eigenvalue weighted by molar-refractivity contribution is 9.09. The molecule has 0 amide bonds. The second-order valence-electron chi connectivity index (χ2n) is 5.81. The van der Waals surface area contributed by atoms with Crippen molar-refractivity contribution in [1.82, 2.24) is 0 Å². The average Bonchev–Trinajstić information content (AvgIpc) is 2.27. The third-order valence-electron chi connectivity index (χ3n) is 4.05. The molecule has 0 radical (unpaired) electrons. The van der Waals surface area contributed by atoms with Gasteiger partial charge in [0.15, 0.2) is 0 Å². The van der Waals surface area contributed by atoms with Gasteiger partial charge in [0.05, 0.1) is 0 Å². The summed E-state index contributed by atoms with van der Waals surface area (Å²) in [6, 6.07) is 0. The monoisotopic (exact) mass is 290 g/mol. The van der Waals surface area contributed by atoms with E-state index in [9.17, 15) is 0 Å². The van der Waals surface area contributed by atoms with Gasteiger partial charge in [-0.05, 0) is 17.8 Å². The first-order chi connectivity index (χ1) is 7.56. The Labute approximate surface area is 112 Å². The zero-order valence-electron chi connectivity index (χ0n) is 11.8. The summed E-state index contributed by atoms with van der Waals surface area (Å²) in [5, 5.41) is 1.15. The fraction of sp³-hybridized carbons (Fsp3) is 1.00. The van der Waals surface area contributed by atoms with E-state index in [-0.39, 0.29) is 0 Å². The van der Waals surface area contributed by atoms with Crippen molar-refractivity contribution in [3.63, 3.8) is 0 Å². The van der Waals surface area contributed by atoms with Gasteiger partial charge in [-0.3, -0.25) is 0 Å². The minimum Gasteiger partial charge on any atom is -0.0922 e. The lowest BCUT2D eigenvalue weighted by atomic mass is 9.77. The van der Waals surface area contributed by atoms with E-state index in [1.807, 2.05) is 0 Å². The van der Waals surface area contributed by atoms with E-state index in [0.717, 1.165) is 11.2 Å². The molecule has 0 aromatic carbocycles. The van der Waals surface area contributed by atoms with Crippen LogP contribution < -0.4 is 0 Å². The third kappa shape index (κ3) is 6.93. The summed E-state index contributed by atoms with van der Waals surface area (Å²) < 4.78 is 0. The first-order valence-electron chi connectivity index (χ1n) is 7.12. The van der Waals surface area contributed by atoms with E-state index in [1.54, 1.807) is 0 Å². The fourth-order valence-corrected chi connectivity index (χ4v) is 2.92. The number of hydrogen-bond donors (Lipinski definition) is 0. The summed E-state index contributed by atoms with van der Waals surface area (Å²) in [6.07, 6.45) is 11.3. The first kappa shape index (κ1) is 16.5. The minimum absolute atomic E-state index is 0.503. The molecule has 0 aromatic rings. The Bertz CT molecular complexity index is 154. The SMILES string of the molecule is CCCCCCCCCC(C)(CBr)C(C)C. The van der Waals surface area contributed by atoms with Crippen LogP contribution in [-0.4, -0.2) is 5.33 Å². The van der Waals surface area contributed by atoms with Crippen molar-refractivity contribution < 1.29 is 0 Å². The summed E-state index contributed by atoms with van der Waals surface area (Å²) in [7, 11) is 0. The van der Waals surface area contributed by atoms with Gasteiger partial charge in [-0.1, -0.05) is 88.6 Å². The van der Waals surface area contributed by atoms with Crippen LogP contribution in [0.2, 0.25) is 0 Å². The average molecular weight is 291 g/mol. The maximum atomic E-state index is 3.68. The van der Waals surface area contributed by atoms with Crippen molar-refractivity contribution >= 4 is 15.9 Å². The number of hydrogen-bond acceptors (Lipinski definition) is 0. The third-order valence-corrected chi connectivity index (χ3v) is 5.33. The van der Waals surface area contributed by atoms with Gasteiger partial charge >= 0.3 is 0 Å². The van der Waals surface area contributed by atoms with Gasteiger partial charge in [-0.25, -0.2) is 0 Å². The van der Waals surface area contributed by atoms with Crippen LogP contribution in [0.1, 0.15) is 79.1 Å². The molecule has 0 spiro atoms. The van der Waals surface area contributed by atoms with Gasteiger partial charge in [0.1, 0.15) is 0 Å². The lowest BCUT2D eigenvalue weighted by molar-refractivity contribution is 0.230. The molecule has 0 saturated heterocycles. The maximum Gasteiger partial charge on any atom is 0.00877 e. The summed E-state index contributed by atoms with van der Waals surface area (Å²) in [5.41, 5.74) is 0.503. The largest absolute Gasteiger partial charge is 0.0922 e. The van der Waals surface area contributed by atoms with Crippen LogP contribution in [0.25, 0.3) is 0 Å². The molecular formula is C15H31Br. The molecule has 1 heteroatoms. The highest BCUT2D eigenvalue weighted by Gasteiger charge is 2.25. The number of rotatable bonds is 10. The Morgan fingerprint density at radius 2 is 1.44 bits per heavy atom. The van der Waals surface area contributed by atoms with E-state index >= 15 is 0 Å². The molecule has 0 rings (SSSR count). The molecule has 0 nitrogen and oxygen atoms in total. The second-order valence-corrected chi connectivity index (χ2v) is 6.37. The molecule has 0 bridgehead atoms. The second kappa shape index (κ2) is 9.50. The lowest BCUT2D eigenvalue weighted by Gasteiger charge is -2.32. The molecule has 1 atom stereocenters. The van der Waals surface area contributed by atoms with E-state index < -0.39 is 0 Å². The van der Waals surface area contributed by atoms with Crippen LogP contribution in [-0.2, 0) is 0 Å². The van der Waals surface area contributed by atoms with E-state index in [2.05, 4.69) is 43.6 Å². The highest BCUT2D eigenvalue weighted by Crippen LogP contribution is 2.34. The van der Waals surface area contributed by atoms with Gasteiger partial charge in [0.2, 0.25) is 0 Å². The number of unbranched alkanes of at least 4 members (excludes halogenated alkanes) is 6. The maximum absolute atomic E-state index is 3.68. The van der Waals surface area contributed by atoms with Crippen LogP contribution in [0.4, 0.5) is 0 Å². The van der Waals surface area contributed by atoms with Crippen molar-refractivity contribution in [3.8, 4) is 0 Å². The molecular weight excluding hydrogens is 260 g/mol. The molecule has 0 aliphatic rings. The predicted molar refractivity (Wildman–Crippen MR) is 79.3 cm³/mol. The summed E-state index contributed by atoms with van der Waals surface area (Å²) in [4.78, 5) is 0. The summed E-state index contributed by atoms with van der Waals surface area (Å²) >= 11 is 3.68. The highest BCUT2D eigenvalue weighted by atomic mass is 79.9. The van der Waals surface area contributed by atoms with Crippen LogP contribution in [0.15, 0.2) is 0 Å². The molecule has 98 valence electrons. The number of halogens is 1. The number of alkyl halides is 1. The molecule has 0 saturated carbocycles. The normalized spacial score (nSPS) is 15.4. The van der Waals surface area contributed by atoms with Gasteiger partial charge < -0.3 is 0 Å². The van der Waals surface area contributed by atoms with Gasteiger partial charge in [-0.15, -0.1) is 0 Å². The molecule has 0 heterocycles. The van der Waals surface area contributed by atoms with Crippen molar-refractivity contribution in [2.45, 2.75) is 79.1 Å². The molecule has 0 aliphatic carbocycles. The Morgan fingerprint density at radius 1 is 0.938 bits per heavy atom. The van der Waals surface area contributed by atoms with E-state index in [1.165, 1.54) is 51.4 Å². The zero-order chi connectivity index (χ0) is 12.4. The first-order valence-corrected chi connectivity index (χ1v) is 8.25.